The first-order chi connectivity index (χ1) is 11.1. The fourth-order valence-electron chi connectivity index (χ4n) is 2.31. The minimum absolute atomic E-state index is 0.285. The van der Waals surface area contributed by atoms with Gasteiger partial charge in [-0.3, -0.25) is 0 Å². The first-order valence-corrected chi connectivity index (χ1v) is 8.18. The van der Waals surface area contributed by atoms with Gasteiger partial charge in [0.2, 0.25) is 0 Å². The van der Waals surface area contributed by atoms with Gasteiger partial charge in [-0.1, -0.05) is 32.4 Å². The van der Waals surface area contributed by atoms with E-state index >= 15 is 0 Å². The van der Waals surface area contributed by atoms with Crippen LogP contribution in [-0.4, -0.2) is 25.7 Å². The highest BCUT2D eigenvalue weighted by atomic mass is 19.1. The van der Waals surface area contributed by atoms with Crippen LogP contribution in [0.5, 0.6) is 5.75 Å². The van der Waals surface area contributed by atoms with Crippen LogP contribution in [0.4, 0.5) is 4.39 Å². The van der Waals surface area contributed by atoms with E-state index in [0.29, 0.717) is 5.39 Å². The van der Waals surface area contributed by atoms with Gasteiger partial charge in [0.25, 0.3) is 0 Å². The number of allylic oxidation sites excluding steroid dienone is 2. The number of aromatic nitrogens is 1. The molecule has 0 fully saturated rings. The summed E-state index contributed by atoms with van der Waals surface area (Å²) in [5, 5.41) is 3.69. The molecule has 1 atom stereocenters. The van der Waals surface area contributed by atoms with Crippen molar-refractivity contribution in [2.75, 3.05) is 20.7 Å². The van der Waals surface area contributed by atoms with Crippen molar-refractivity contribution in [3.63, 3.8) is 0 Å². The van der Waals surface area contributed by atoms with E-state index < -0.39 is 0 Å². The summed E-state index contributed by atoms with van der Waals surface area (Å²) in [4.78, 5) is 3.07. The molecular weight excluding hydrogens is 291 g/mol. The number of likely N-dealkylation sites (N-methyl/N-ethyl adjacent to an activating group) is 1. The maximum Gasteiger partial charge on any atom is 0.174 e. The van der Waals surface area contributed by atoms with Gasteiger partial charge in [0, 0.05) is 17.1 Å². The predicted octanol–water partition coefficient (Wildman–Crippen LogP) is 4.69. The summed E-state index contributed by atoms with van der Waals surface area (Å²) >= 11 is 0. The van der Waals surface area contributed by atoms with Crippen LogP contribution < -0.4 is 10.1 Å². The average Bonchev–Trinajstić information content (AvgIpc) is 2.98. The van der Waals surface area contributed by atoms with Gasteiger partial charge in [-0.15, -0.1) is 0 Å². The van der Waals surface area contributed by atoms with Crippen LogP contribution in [0.15, 0.2) is 30.5 Å². The van der Waals surface area contributed by atoms with Gasteiger partial charge in [0.05, 0.1) is 7.11 Å². The van der Waals surface area contributed by atoms with Crippen LogP contribution in [-0.2, 0) is 6.42 Å². The molecule has 1 aromatic carbocycles. The van der Waals surface area contributed by atoms with Crippen molar-refractivity contribution in [3.8, 4) is 5.75 Å². The molecule has 0 radical (unpaired) electrons. The van der Waals surface area contributed by atoms with Gasteiger partial charge in [-0.2, -0.15) is 0 Å². The van der Waals surface area contributed by atoms with E-state index in [-0.39, 0.29) is 11.6 Å². The molecule has 23 heavy (non-hydrogen) atoms. The molecule has 1 aromatic heterocycles. The fraction of sp³-hybridized carbons (Fsp3) is 0.474. The summed E-state index contributed by atoms with van der Waals surface area (Å²) in [6, 6.07) is 3.47. The lowest BCUT2D eigenvalue weighted by atomic mass is 10.1. The molecule has 0 saturated carbocycles. The van der Waals surface area contributed by atoms with Crippen molar-refractivity contribution < 1.29 is 9.13 Å². The Kier molecular flexibility index (Phi) is 8.41. The summed E-state index contributed by atoms with van der Waals surface area (Å²) in [5.41, 5.74) is 1.78. The lowest BCUT2D eigenvalue weighted by Crippen LogP contribution is -2.10. The number of fused-ring (bicyclic) bond motifs is 1. The molecule has 0 amide bonds. The van der Waals surface area contributed by atoms with Crippen molar-refractivity contribution in [3.05, 3.63) is 41.9 Å². The second-order valence-corrected chi connectivity index (χ2v) is 5.58. The highest BCUT2D eigenvalue weighted by molar-refractivity contribution is 5.85. The van der Waals surface area contributed by atoms with Crippen molar-refractivity contribution in [1.29, 1.82) is 0 Å². The number of ether oxygens (including phenoxy) is 1. The maximum absolute atomic E-state index is 14.0. The lowest BCUT2D eigenvalue weighted by molar-refractivity contribution is 0.389. The highest BCUT2D eigenvalue weighted by Gasteiger charge is 2.12. The molecular formula is C19H29FN2O. The Bertz CT molecular complexity index is 619. The Morgan fingerprint density at radius 3 is 2.65 bits per heavy atom. The average molecular weight is 320 g/mol. The first kappa shape index (κ1) is 19.2. The van der Waals surface area contributed by atoms with Crippen molar-refractivity contribution in [2.24, 2.45) is 5.92 Å². The van der Waals surface area contributed by atoms with Crippen LogP contribution in [0.25, 0.3) is 10.9 Å². The fourth-order valence-corrected chi connectivity index (χ4v) is 2.31. The van der Waals surface area contributed by atoms with Crippen molar-refractivity contribution in [2.45, 2.75) is 33.6 Å². The van der Waals surface area contributed by atoms with Gasteiger partial charge in [0.1, 0.15) is 0 Å². The van der Waals surface area contributed by atoms with Crippen LogP contribution in [0.2, 0.25) is 0 Å². The molecule has 2 N–H and O–H groups in total. The number of hydrogen-bond acceptors (Lipinski definition) is 2. The van der Waals surface area contributed by atoms with Crippen LogP contribution in [0.3, 0.4) is 0 Å². The molecule has 1 heterocycles. The Labute approximate surface area is 138 Å². The Morgan fingerprint density at radius 2 is 2.13 bits per heavy atom. The van der Waals surface area contributed by atoms with Crippen molar-refractivity contribution in [1.82, 2.24) is 10.3 Å². The van der Waals surface area contributed by atoms with E-state index in [0.717, 1.165) is 30.0 Å². The molecule has 128 valence electrons. The molecule has 0 saturated heterocycles. The summed E-state index contributed by atoms with van der Waals surface area (Å²) < 4.78 is 19.0. The van der Waals surface area contributed by atoms with E-state index in [9.17, 15) is 4.39 Å². The number of rotatable bonds is 6. The molecule has 0 bridgehead atoms. The Morgan fingerprint density at radius 1 is 1.39 bits per heavy atom. The molecule has 3 nitrogen and oxygen atoms in total. The summed E-state index contributed by atoms with van der Waals surface area (Å²) in [5.74, 6) is 0.773. The largest absolute Gasteiger partial charge is 0.494 e. The van der Waals surface area contributed by atoms with E-state index in [4.69, 9.17) is 4.74 Å². The van der Waals surface area contributed by atoms with Crippen LogP contribution in [0.1, 0.15) is 32.8 Å². The second kappa shape index (κ2) is 10.1. The molecule has 1 unspecified atom stereocenters. The molecule has 2 aromatic rings. The number of H-pyrrole nitrogens is 1. The van der Waals surface area contributed by atoms with Crippen LogP contribution >= 0.6 is 0 Å². The van der Waals surface area contributed by atoms with E-state index in [1.807, 2.05) is 19.3 Å². The Balaban J connectivity index is 0.000000322. The molecule has 4 heteroatoms. The summed E-state index contributed by atoms with van der Waals surface area (Å²) in [6.07, 6.45) is 8.23. The van der Waals surface area contributed by atoms with Gasteiger partial charge in [-0.05, 0) is 50.6 Å². The zero-order valence-electron chi connectivity index (χ0n) is 14.9. The minimum Gasteiger partial charge on any atom is -0.494 e. The topological polar surface area (TPSA) is 37.0 Å². The maximum atomic E-state index is 14.0. The molecule has 2 rings (SSSR count). The van der Waals surface area contributed by atoms with Gasteiger partial charge in [-0.25, -0.2) is 4.39 Å². The van der Waals surface area contributed by atoms with Crippen molar-refractivity contribution >= 4 is 10.9 Å². The quantitative estimate of drug-likeness (QED) is 0.758. The van der Waals surface area contributed by atoms with E-state index in [1.54, 1.807) is 6.07 Å². The third kappa shape index (κ3) is 5.39. The second-order valence-electron chi connectivity index (χ2n) is 5.58. The lowest BCUT2D eigenvalue weighted by Gasteiger charge is -2.04. The highest BCUT2D eigenvalue weighted by Crippen LogP contribution is 2.28. The van der Waals surface area contributed by atoms with E-state index in [1.165, 1.54) is 13.5 Å². The van der Waals surface area contributed by atoms with Gasteiger partial charge < -0.3 is 15.0 Å². The normalized spacial score (nSPS) is 12.3. The van der Waals surface area contributed by atoms with Gasteiger partial charge in [0.15, 0.2) is 11.6 Å². The molecule has 0 aliphatic rings. The molecule has 0 aliphatic heterocycles. The third-order valence-corrected chi connectivity index (χ3v) is 3.86. The SMILES string of the molecule is C/C=C\C(C)CC.CNCCc1c[nH]c2ccc(OC)c(F)c12. The standard InChI is InChI=1S/C12H15FN2O.C7H14/c1-14-6-5-8-7-15-9-3-4-10(16-2)12(13)11(8)9;1-4-6-7(3)5-2/h3-4,7,14-15H,5-6H2,1-2H3;4,6-7H,5H2,1-3H3/b;6-4-. The first-order valence-electron chi connectivity index (χ1n) is 8.18. The predicted molar refractivity (Wildman–Crippen MR) is 96.7 cm³/mol. The summed E-state index contributed by atoms with van der Waals surface area (Å²) in [6.45, 7) is 7.31. The zero-order valence-corrected chi connectivity index (χ0v) is 14.9. The minimum atomic E-state index is -0.285. The van der Waals surface area contributed by atoms with Gasteiger partial charge >= 0.3 is 0 Å². The summed E-state index contributed by atoms with van der Waals surface area (Å²) in [7, 11) is 3.36. The number of halogens is 1. The van der Waals surface area contributed by atoms with Crippen LogP contribution in [0, 0.1) is 11.7 Å². The van der Waals surface area contributed by atoms with E-state index in [2.05, 4.69) is 43.2 Å². The molecule has 0 aliphatic carbocycles. The number of aromatic amines is 1. The molecule has 0 spiro atoms. The number of benzene rings is 1. The monoisotopic (exact) mass is 320 g/mol. The smallest absolute Gasteiger partial charge is 0.174 e. The zero-order chi connectivity index (χ0) is 17.2. The number of nitrogens with one attached hydrogen (secondary N) is 2. The Hall–Kier alpha value is -1.81. The third-order valence-electron chi connectivity index (χ3n) is 3.86. The number of methoxy groups -OCH3 is 1. The number of hydrogen-bond donors (Lipinski definition) is 2.